The fourth-order valence-corrected chi connectivity index (χ4v) is 3.37. The summed E-state index contributed by atoms with van der Waals surface area (Å²) in [4.78, 5) is 12.0. The minimum absolute atomic E-state index is 0.119. The van der Waals surface area contributed by atoms with Crippen LogP contribution in [-0.2, 0) is 11.2 Å². The number of fused-ring (bicyclic) bond motifs is 1. The van der Waals surface area contributed by atoms with Crippen molar-refractivity contribution in [1.82, 2.24) is 5.43 Å². The SMILES string of the molecule is O=C(CCCOc1ccc(Cl)cc1Cl)N/N=C1/CCCc2ccccc21. The van der Waals surface area contributed by atoms with Crippen LogP contribution in [0.4, 0.5) is 0 Å². The number of benzene rings is 2. The minimum Gasteiger partial charge on any atom is -0.492 e. The molecule has 0 atom stereocenters. The quantitative estimate of drug-likeness (QED) is 0.556. The number of hydrogen-bond acceptors (Lipinski definition) is 3. The van der Waals surface area contributed by atoms with Crippen LogP contribution in [-0.4, -0.2) is 18.2 Å². The third-order valence-corrected chi connectivity index (χ3v) is 4.73. The summed E-state index contributed by atoms with van der Waals surface area (Å²) in [6.45, 7) is 0.397. The second-order valence-corrected chi connectivity index (χ2v) is 6.97. The van der Waals surface area contributed by atoms with Gasteiger partial charge in [-0.3, -0.25) is 4.79 Å². The van der Waals surface area contributed by atoms with Crippen LogP contribution in [0, 0.1) is 0 Å². The molecular formula is C20H20Cl2N2O2. The predicted molar refractivity (Wildman–Crippen MR) is 105 cm³/mol. The molecule has 4 nitrogen and oxygen atoms in total. The van der Waals surface area contributed by atoms with Crippen molar-refractivity contribution in [3.05, 3.63) is 63.6 Å². The summed E-state index contributed by atoms with van der Waals surface area (Å²) in [7, 11) is 0. The summed E-state index contributed by atoms with van der Waals surface area (Å²) in [5.41, 5.74) is 6.04. The predicted octanol–water partition coefficient (Wildman–Crippen LogP) is 5.01. The van der Waals surface area contributed by atoms with E-state index < -0.39 is 0 Å². The molecular weight excluding hydrogens is 371 g/mol. The van der Waals surface area contributed by atoms with E-state index in [9.17, 15) is 4.79 Å². The summed E-state index contributed by atoms with van der Waals surface area (Å²) in [5, 5.41) is 5.35. The first-order valence-electron chi connectivity index (χ1n) is 8.65. The molecule has 1 N–H and O–H groups in total. The smallest absolute Gasteiger partial charge is 0.240 e. The molecule has 0 bridgehead atoms. The Labute approximate surface area is 163 Å². The van der Waals surface area contributed by atoms with Gasteiger partial charge in [0.1, 0.15) is 5.75 Å². The lowest BCUT2D eigenvalue weighted by molar-refractivity contribution is -0.121. The zero-order valence-corrected chi connectivity index (χ0v) is 15.8. The monoisotopic (exact) mass is 390 g/mol. The first-order valence-corrected chi connectivity index (χ1v) is 9.40. The number of carbonyl (C=O) groups excluding carboxylic acids is 1. The average Bonchev–Trinajstić information content (AvgIpc) is 2.65. The number of halogens is 2. The summed E-state index contributed by atoms with van der Waals surface area (Å²) in [5.74, 6) is 0.446. The minimum atomic E-state index is -0.119. The maximum atomic E-state index is 12.0. The molecule has 0 aromatic heterocycles. The zero-order valence-electron chi connectivity index (χ0n) is 14.3. The first-order chi connectivity index (χ1) is 12.6. The number of aryl methyl sites for hydroxylation is 1. The van der Waals surface area contributed by atoms with Crippen LogP contribution in [0.15, 0.2) is 47.6 Å². The molecule has 0 saturated heterocycles. The van der Waals surface area contributed by atoms with Crippen molar-refractivity contribution < 1.29 is 9.53 Å². The summed E-state index contributed by atoms with van der Waals surface area (Å²) < 4.78 is 5.58. The van der Waals surface area contributed by atoms with Gasteiger partial charge in [-0.05, 0) is 49.4 Å². The molecule has 26 heavy (non-hydrogen) atoms. The van der Waals surface area contributed by atoms with Crippen LogP contribution in [0.2, 0.25) is 10.0 Å². The van der Waals surface area contributed by atoms with Gasteiger partial charge in [0.15, 0.2) is 0 Å². The largest absolute Gasteiger partial charge is 0.492 e. The van der Waals surface area contributed by atoms with Crippen LogP contribution >= 0.6 is 23.2 Å². The van der Waals surface area contributed by atoms with Gasteiger partial charge in [-0.25, -0.2) is 5.43 Å². The number of nitrogens with one attached hydrogen (secondary N) is 1. The van der Waals surface area contributed by atoms with Gasteiger partial charge in [-0.15, -0.1) is 0 Å². The maximum absolute atomic E-state index is 12.0. The third kappa shape index (κ3) is 4.99. The molecule has 0 fully saturated rings. The lowest BCUT2D eigenvalue weighted by Crippen LogP contribution is -2.22. The number of ether oxygens (including phenoxy) is 1. The Kier molecular flexibility index (Phi) is 6.53. The Morgan fingerprint density at radius 2 is 2.00 bits per heavy atom. The van der Waals surface area contributed by atoms with E-state index in [0.29, 0.717) is 35.2 Å². The van der Waals surface area contributed by atoms with Crippen molar-refractivity contribution >= 4 is 34.8 Å². The van der Waals surface area contributed by atoms with Crippen molar-refractivity contribution in [2.45, 2.75) is 32.1 Å². The van der Waals surface area contributed by atoms with Gasteiger partial charge in [-0.1, -0.05) is 47.5 Å². The molecule has 1 aliphatic rings. The van der Waals surface area contributed by atoms with Crippen LogP contribution in [0.25, 0.3) is 0 Å². The standard InChI is InChI=1S/C20H20Cl2N2O2/c21-15-10-11-19(17(22)13-15)26-12-4-9-20(25)24-23-18-8-3-6-14-5-1-2-7-16(14)18/h1-2,5,7,10-11,13H,3-4,6,8-9,12H2,(H,24,25)/b23-18-. The number of nitrogens with zero attached hydrogens (tertiary/aromatic N) is 1. The van der Waals surface area contributed by atoms with Crippen LogP contribution in [0.5, 0.6) is 5.75 Å². The van der Waals surface area contributed by atoms with Gasteiger partial charge >= 0.3 is 0 Å². The molecule has 2 aromatic rings. The molecule has 0 saturated carbocycles. The highest BCUT2D eigenvalue weighted by Gasteiger charge is 2.15. The van der Waals surface area contributed by atoms with E-state index in [0.717, 1.165) is 30.5 Å². The van der Waals surface area contributed by atoms with E-state index in [2.05, 4.69) is 22.7 Å². The average molecular weight is 391 g/mol. The second-order valence-electron chi connectivity index (χ2n) is 6.13. The lowest BCUT2D eigenvalue weighted by atomic mass is 9.90. The van der Waals surface area contributed by atoms with Crippen molar-refractivity contribution in [2.75, 3.05) is 6.61 Å². The second kappa shape index (κ2) is 9.06. The van der Waals surface area contributed by atoms with Gasteiger partial charge in [0.25, 0.3) is 0 Å². The Bertz CT molecular complexity index is 821. The van der Waals surface area contributed by atoms with Crippen LogP contribution in [0.3, 0.4) is 0 Å². The van der Waals surface area contributed by atoms with E-state index in [1.165, 1.54) is 5.56 Å². The highest BCUT2D eigenvalue weighted by Crippen LogP contribution is 2.27. The van der Waals surface area contributed by atoms with Crippen molar-refractivity contribution in [1.29, 1.82) is 0 Å². The number of amides is 1. The van der Waals surface area contributed by atoms with E-state index >= 15 is 0 Å². The van der Waals surface area contributed by atoms with Crippen LogP contribution < -0.4 is 10.2 Å². The van der Waals surface area contributed by atoms with E-state index in [1.54, 1.807) is 18.2 Å². The van der Waals surface area contributed by atoms with E-state index in [-0.39, 0.29) is 5.91 Å². The Hall–Kier alpha value is -2.04. The van der Waals surface area contributed by atoms with Gasteiger partial charge < -0.3 is 4.74 Å². The molecule has 6 heteroatoms. The molecule has 0 spiro atoms. The highest BCUT2D eigenvalue weighted by atomic mass is 35.5. The number of hydrazone groups is 1. The molecule has 1 aliphatic carbocycles. The molecule has 2 aromatic carbocycles. The normalized spacial score (nSPS) is 14.8. The topological polar surface area (TPSA) is 50.7 Å². The van der Waals surface area contributed by atoms with Crippen LogP contribution in [0.1, 0.15) is 36.8 Å². The Balaban J connectivity index is 1.45. The maximum Gasteiger partial charge on any atom is 0.240 e. The molecule has 0 unspecified atom stereocenters. The molecule has 136 valence electrons. The van der Waals surface area contributed by atoms with Crippen molar-refractivity contribution in [3.63, 3.8) is 0 Å². The fourth-order valence-electron chi connectivity index (χ4n) is 2.91. The first kappa shape index (κ1) is 18.7. The third-order valence-electron chi connectivity index (χ3n) is 4.20. The zero-order chi connectivity index (χ0) is 18.4. The molecule has 0 aliphatic heterocycles. The van der Waals surface area contributed by atoms with Crippen molar-refractivity contribution in [2.24, 2.45) is 5.10 Å². The van der Waals surface area contributed by atoms with Crippen molar-refractivity contribution in [3.8, 4) is 5.75 Å². The molecule has 0 heterocycles. The summed E-state index contributed by atoms with van der Waals surface area (Å²) in [6.07, 6.45) is 3.92. The highest BCUT2D eigenvalue weighted by molar-refractivity contribution is 6.35. The molecule has 1 amide bonds. The van der Waals surface area contributed by atoms with Gasteiger partial charge in [0.2, 0.25) is 5.91 Å². The molecule has 0 radical (unpaired) electrons. The Morgan fingerprint density at radius 3 is 2.85 bits per heavy atom. The van der Waals surface area contributed by atoms with Gasteiger partial charge in [0, 0.05) is 17.0 Å². The van der Waals surface area contributed by atoms with E-state index in [1.807, 2.05) is 12.1 Å². The Morgan fingerprint density at radius 1 is 1.15 bits per heavy atom. The summed E-state index contributed by atoms with van der Waals surface area (Å²) >= 11 is 11.9. The number of carbonyl (C=O) groups is 1. The van der Waals surface area contributed by atoms with Gasteiger partial charge in [0.05, 0.1) is 17.3 Å². The van der Waals surface area contributed by atoms with Gasteiger partial charge in [-0.2, -0.15) is 5.10 Å². The molecule has 3 rings (SSSR count). The van der Waals surface area contributed by atoms with E-state index in [4.69, 9.17) is 27.9 Å². The number of rotatable bonds is 6. The fraction of sp³-hybridized carbons (Fsp3) is 0.300. The number of hydrogen-bond donors (Lipinski definition) is 1. The lowest BCUT2D eigenvalue weighted by Gasteiger charge is -2.17. The summed E-state index contributed by atoms with van der Waals surface area (Å²) in [6, 6.07) is 13.3.